The lowest BCUT2D eigenvalue weighted by Crippen LogP contribution is -2.41. The zero-order valence-electron chi connectivity index (χ0n) is 13.8. The number of pyridine rings is 1. The second-order valence-corrected chi connectivity index (χ2v) is 5.67. The SMILES string of the molecule is C=Nc1ccc(-c2ccc(C(=O)N3CCOCC3)nc2)cc1C(=C)O. The fourth-order valence-corrected chi connectivity index (χ4v) is 2.70. The van der Waals surface area contributed by atoms with Crippen molar-refractivity contribution in [3.05, 3.63) is 54.4 Å². The van der Waals surface area contributed by atoms with Crippen molar-refractivity contribution >= 4 is 24.1 Å². The Labute approximate surface area is 146 Å². The first-order valence-corrected chi connectivity index (χ1v) is 7.92. The Kier molecular flexibility index (Phi) is 4.90. The van der Waals surface area contributed by atoms with Crippen LogP contribution in [0.5, 0.6) is 0 Å². The van der Waals surface area contributed by atoms with Gasteiger partial charge in [-0.05, 0) is 30.5 Å². The molecule has 0 atom stereocenters. The summed E-state index contributed by atoms with van der Waals surface area (Å²) in [6.07, 6.45) is 1.65. The van der Waals surface area contributed by atoms with Gasteiger partial charge in [0, 0.05) is 30.4 Å². The summed E-state index contributed by atoms with van der Waals surface area (Å²) in [6.45, 7) is 9.32. The van der Waals surface area contributed by atoms with Gasteiger partial charge < -0.3 is 14.7 Å². The molecule has 128 valence electrons. The molecule has 3 rings (SSSR count). The molecule has 1 amide bonds. The van der Waals surface area contributed by atoms with E-state index in [-0.39, 0.29) is 11.7 Å². The van der Waals surface area contributed by atoms with E-state index in [2.05, 4.69) is 23.3 Å². The van der Waals surface area contributed by atoms with Crippen LogP contribution in [0.1, 0.15) is 16.1 Å². The first-order valence-electron chi connectivity index (χ1n) is 7.92. The van der Waals surface area contributed by atoms with Crippen molar-refractivity contribution in [2.75, 3.05) is 26.3 Å². The van der Waals surface area contributed by atoms with Crippen molar-refractivity contribution < 1.29 is 14.6 Å². The van der Waals surface area contributed by atoms with Gasteiger partial charge in [0.2, 0.25) is 0 Å². The molecule has 1 saturated heterocycles. The Morgan fingerprint density at radius 3 is 2.52 bits per heavy atom. The summed E-state index contributed by atoms with van der Waals surface area (Å²) in [5.74, 6) is -0.165. The summed E-state index contributed by atoms with van der Waals surface area (Å²) >= 11 is 0. The summed E-state index contributed by atoms with van der Waals surface area (Å²) in [5.41, 5.74) is 3.15. The highest BCUT2D eigenvalue weighted by Gasteiger charge is 2.19. The lowest BCUT2D eigenvalue weighted by Gasteiger charge is -2.26. The van der Waals surface area contributed by atoms with Gasteiger partial charge in [-0.25, -0.2) is 0 Å². The summed E-state index contributed by atoms with van der Waals surface area (Å²) in [7, 11) is 0. The van der Waals surface area contributed by atoms with Crippen LogP contribution in [0.25, 0.3) is 16.9 Å². The topological polar surface area (TPSA) is 75.0 Å². The Morgan fingerprint density at radius 2 is 1.92 bits per heavy atom. The summed E-state index contributed by atoms with van der Waals surface area (Å²) in [5, 5.41) is 9.71. The van der Waals surface area contributed by atoms with Gasteiger partial charge in [0.05, 0.1) is 18.9 Å². The molecule has 1 N–H and O–H groups in total. The number of carbonyl (C=O) groups is 1. The molecule has 0 radical (unpaired) electrons. The molecule has 0 unspecified atom stereocenters. The van der Waals surface area contributed by atoms with Crippen LogP contribution < -0.4 is 0 Å². The van der Waals surface area contributed by atoms with E-state index in [4.69, 9.17) is 4.74 Å². The van der Waals surface area contributed by atoms with Crippen LogP contribution in [-0.4, -0.2) is 53.9 Å². The van der Waals surface area contributed by atoms with Gasteiger partial charge in [0.15, 0.2) is 0 Å². The largest absolute Gasteiger partial charge is 0.508 e. The number of ether oxygens (including phenoxy) is 1. The smallest absolute Gasteiger partial charge is 0.272 e. The molecule has 0 aliphatic carbocycles. The highest BCUT2D eigenvalue weighted by Crippen LogP contribution is 2.29. The van der Waals surface area contributed by atoms with Crippen LogP contribution in [0.4, 0.5) is 5.69 Å². The number of morpholine rings is 1. The fourth-order valence-electron chi connectivity index (χ4n) is 2.70. The molecule has 2 heterocycles. The van der Waals surface area contributed by atoms with E-state index >= 15 is 0 Å². The predicted octanol–water partition coefficient (Wildman–Crippen LogP) is 3.08. The predicted molar refractivity (Wildman–Crippen MR) is 97.3 cm³/mol. The van der Waals surface area contributed by atoms with E-state index < -0.39 is 0 Å². The Morgan fingerprint density at radius 1 is 1.20 bits per heavy atom. The second-order valence-electron chi connectivity index (χ2n) is 5.67. The van der Waals surface area contributed by atoms with E-state index in [9.17, 15) is 9.90 Å². The third kappa shape index (κ3) is 3.59. The highest BCUT2D eigenvalue weighted by atomic mass is 16.5. The fraction of sp³-hybridized carbons (Fsp3) is 0.211. The van der Waals surface area contributed by atoms with Gasteiger partial charge >= 0.3 is 0 Å². The van der Waals surface area contributed by atoms with Crippen LogP contribution in [0.3, 0.4) is 0 Å². The molecule has 0 saturated carbocycles. The molecule has 1 aliphatic rings. The number of aliphatic hydroxyl groups is 1. The lowest BCUT2D eigenvalue weighted by atomic mass is 10.0. The molecular weight excluding hydrogens is 318 g/mol. The molecule has 6 heteroatoms. The molecule has 1 fully saturated rings. The first-order chi connectivity index (χ1) is 12.1. The minimum absolute atomic E-state index is 0.0728. The van der Waals surface area contributed by atoms with Gasteiger partial charge in [-0.15, -0.1) is 0 Å². The number of carbonyl (C=O) groups excluding carboxylic acids is 1. The molecule has 6 nitrogen and oxygen atoms in total. The molecule has 1 aromatic heterocycles. The van der Waals surface area contributed by atoms with Gasteiger partial charge in [0.1, 0.15) is 11.5 Å². The maximum absolute atomic E-state index is 12.4. The maximum Gasteiger partial charge on any atom is 0.272 e. The standard InChI is InChI=1S/C19H19N3O3/c1-13(23)16-11-14(3-5-17(16)20-2)15-4-6-18(21-12-15)19(24)22-7-9-25-10-8-22/h3-6,11-12,23H,1-2,7-10H2. The molecular formula is C19H19N3O3. The van der Waals surface area contributed by atoms with E-state index in [0.29, 0.717) is 43.2 Å². The van der Waals surface area contributed by atoms with E-state index in [1.807, 2.05) is 12.1 Å². The minimum atomic E-state index is -0.0921. The minimum Gasteiger partial charge on any atom is -0.508 e. The quantitative estimate of drug-likeness (QED) is 0.687. The molecule has 2 aromatic rings. The summed E-state index contributed by atoms with van der Waals surface area (Å²) in [4.78, 5) is 22.3. The average Bonchev–Trinajstić information content (AvgIpc) is 2.67. The number of aromatic nitrogens is 1. The van der Waals surface area contributed by atoms with Crippen LogP contribution in [0, 0.1) is 0 Å². The molecule has 1 aromatic carbocycles. The number of hydrogen-bond acceptors (Lipinski definition) is 5. The Balaban J connectivity index is 1.85. The number of nitrogens with zero attached hydrogens (tertiary/aromatic N) is 3. The maximum atomic E-state index is 12.4. The second kappa shape index (κ2) is 7.27. The number of benzene rings is 1. The Hall–Kier alpha value is -2.99. The highest BCUT2D eigenvalue weighted by molar-refractivity contribution is 5.92. The van der Waals surface area contributed by atoms with Crippen LogP contribution in [0.2, 0.25) is 0 Å². The van der Waals surface area contributed by atoms with Crippen molar-refractivity contribution in [3.63, 3.8) is 0 Å². The number of rotatable bonds is 4. The van der Waals surface area contributed by atoms with Gasteiger partial charge in [-0.1, -0.05) is 18.7 Å². The Bertz CT molecular complexity index is 809. The van der Waals surface area contributed by atoms with Crippen molar-refractivity contribution in [3.8, 4) is 11.1 Å². The van der Waals surface area contributed by atoms with Gasteiger partial charge in [-0.3, -0.25) is 14.8 Å². The zero-order valence-corrected chi connectivity index (χ0v) is 13.8. The molecule has 0 bridgehead atoms. The summed E-state index contributed by atoms with van der Waals surface area (Å²) < 4.78 is 5.26. The van der Waals surface area contributed by atoms with Crippen molar-refractivity contribution in [2.45, 2.75) is 0 Å². The third-order valence-electron chi connectivity index (χ3n) is 4.09. The number of aliphatic imine (C=N–C) groups is 1. The monoisotopic (exact) mass is 337 g/mol. The third-order valence-corrected chi connectivity index (χ3v) is 4.09. The average molecular weight is 337 g/mol. The lowest BCUT2D eigenvalue weighted by molar-refractivity contribution is 0.0299. The molecule has 25 heavy (non-hydrogen) atoms. The van der Waals surface area contributed by atoms with E-state index in [1.165, 1.54) is 0 Å². The number of hydrogen-bond donors (Lipinski definition) is 1. The molecule has 1 aliphatic heterocycles. The van der Waals surface area contributed by atoms with Crippen molar-refractivity contribution in [2.24, 2.45) is 4.99 Å². The zero-order chi connectivity index (χ0) is 17.8. The van der Waals surface area contributed by atoms with Crippen molar-refractivity contribution in [1.82, 2.24) is 9.88 Å². The summed E-state index contributed by atoms with van der Waals surface area (Å²) in [6, 6.07) is 8.93. The van der Waals surface area contributed by atoms with E-state index in [1.54, 1.807) is 29.3 Å². The number of aliphatic hydroxyl groups excluding tert-OH is 1. The van der Waals surface area contributed by atoms with Crippen LogP contribution in [-0.2, 0) is 4.74 Å². The first kappa shape index (κ1) is 16.9. The normalized spacial score (nSPS) is 14.2. The van der Waals surface area contributed by atoms with Crippen LogP contribution in [0.15, 0.2) is 48.1 Å². The van der Waals surface area contributed by atoms with Gasteiger partial charge in [0.25, 0.3) is 5.91 Å². The molecule has 0 spiro atoms. The van der Waals surface area contributed by atoms with Gasteiger partial charge in [-0.2, -0.15) is 0 Å². The number of amides is 1. The van der Waals surface area contributed by atoms with Crippen molar-refractivity contribution in [1.29, 1.82) is 0 Å². The van der Waals surface area contributed by atoms with Crippen LogP contribution >= 0.6 is 0 Å². The van der Waals surface area contributed by atoms with E-state index in [0.717, 1.165) is 11.1 Å².